The van der Waals surface area contributed by atoms with Crippen LogP contribution in [0.2, 0.25) is 0 Å². The molecule has 0 radical (unpaired) electrons. The third-order valence-corrected chi connectivity index (χ3v) is 2.62. The van der Waals surface area contributed by atoms with Crippen molar-refractivity contribution in [3.8, 4) is 17.2 Å². The first kappa shape index (κ1) is 13.0. The van der Waals surface area contributed by atoms with Crippen LogP contribution in [0.5, 0.6) is 17.2 Å². The normalized spacial score (nSPS) is 10.6. The van der Waals surface area contributed by atoms with Crippen molar-refractivity contribution in [3.05, 3.63) is 48.0 Å². The molecule has 0 atom stereocenters. The number of hydrogen-bond acceptors (Lipinski definition) is 4. The summed E-state index contributed by atoms with van der Waals surface area (Å²) in [6.07, 6.45) is 1.71. The predicted octanol–water partition coefficient (Wildman–Crippen LogP) is 3.16. The minimum Gasteiger partial charge on any atom is -0.504 e. The second-order valence-electron chi connectivity index (χ2n) is 3.89. The van der Waals surface area contributed by atoms with Crippen molar-refractivity contribution in [1.82, 2.24) is 0 Å². The van der Waals surface area contributed by atoms with E-state index in [1.807, 2.05) is 24.3 Å². The minimum atomic E-state index is 0.112. The van der Waals surface area contributed by atoms with Crippen LogP contribution in [0.15, 0.2) is 47.5 Å². The molecule has 2 aromatic rings. The van der Waals surface area contributed by atoms with Crippen LogP contribution in [-0.4, -0.2) is 25.5 Å². The molecule has 0 aromatic heterocycles. The van der Waals surface area contributed by atoms with Crippen molar-refractivity contribution in [3.63, 3.8) is 0 Å². The molecular formula is C15H15NO3. The molecule has 0 heterocycles. The highest BCUT2D eigenvalue weighted by atomic mass is 16.5. The van der Waals surface area contributed by atoms with E-state index in [4.69, 9.17) is 9.47 Å². The average molecular weight is 257 g/mol. The van der Waals surface area contributed by atoms with Gasteiger partial charge in [0, 0.05) is 12.3 Å². The summed E-state index contributed by atoms with van der Waals surface area (Å²) in [6.45, 7) is 0. The van der Waals surface area contributed by atoms with E-state index in [9.17, 15) is 5.11 Å². The van der Waals surface area contributed by atoms with Gasteiger partial charge in [0.1, 0.15) is 5.75 Å². The van der Waals surface area contributed by atoms with Crippen molar-refractivity contribution in [1.29, 1.82) is 0 Å². The monoisotopic (exact) mass is 257 g/mol. The first-order chi connectivity index (χ1) is 9.22. The second-order valence-corrected chi connectivity index (χ2v) is 3.89. The van der Waals surface area contributed by atoms with E-state index in [0.29, 0.717) is 5.75 Å². The molecule has 0 saturated heterocycles. The number of aliphatic imine (C=N–C) groups is 1. The van der Waals surface area contributed by atoms with Crippen molar-refractivity contribution >= 4 is 11.9 Å². The smallest absolute Gasteiger partial charge is 0.161 e. The Morgan fingerprint density at radius 1 is 1.05 bits per heavy atom. The highest BCUT2D eigenvalue weighted by Gasteiger charge is 2.00. The largest absolute Gasteiger partial charge is 0.504 e. The molecule has 4 heteroatoms. The van der Waals surface area contributed by atoms with Gasteiger partial charge in [-0.2, -0.15) is 0 Å². The molecule has 0 saturated carbocycles. The maximum atomic E-state index is 9.50. The summed E-state index contributed by atoms with van der Waals surface area (Å²) in [6, 6.07) is 12.5. The number of phenols is 1. The summed E-state index contributed by atoms with van der Waals surface area (Å²) in [4.78, 5) is 4.35. The molecule has 0 spiro atoms. The van der Waals surface area contributed by atoms with E-state index in [1.54, 1.807) is 31.5 Å². The third kappa shape index (κ3) is 3.25. The fourth-order valence-corrected chi connectivity index (χ4v) is 1.61. The lowest BCUT2D eigenvalue weighted by atomic mass is 10.2. The number of nitrogens with zero attached hydrogens (tertiary/aromatic N) is 1. The fourth-order valence-electron chi connectivity index (χ4n) is 1.61. The number of benzene rings is 2. The summed E-state index contributed by atoms with van der Waals surface area (Å²) in [5.41, 5.74) is 1.64. The molecule has 0 fully saturated rings. The number of methoxy groups -OCH3 is 2. The highest BCUT2D eigenvalue weighted by molar-refractivity contribution is 5.83. The summed E-state index contributed by atoms with van der Waals surface area (Å²) in [5, 5.41) is 9.50. The van der Waals surface area contributed by atoms with Crippen LogP contribution in [0, 0.1) is 0 Å². The number of hydrogen-bond donors (Lipinski definition) is 1. The Bertz CT molecular complexity index is 594. The summed E-state index contributed by atoms with van der Waals surface area (Å²) >= 11 is 0. The van der Waals surface area contributed by atoms with Crippen molar-refractivity contribution in [2.75, 3.05) is 14.2 Å². The Hall–Kier alpha value is -2.49. The van der Waals surface area contributed by atoms with Crippen LogP contribution >= 0.6 is 0 Å². The predicted molar refractivity (Wildman–Crippen MR) is 74.9 cm³/mol. The molecule has 0 aliphatic carbocycles. The lowest BCUT2D eigenvalue weighted by molar-refractivity contribution is 0.373. The number of rotatable bonds is 4. The third-order valence-electron chi connectivity index (χ3n) is 2.62. The molecule has 2 aromatic carbocycles. The zero-order valence-electron chi connectivity index (χ0n) is 10.8. The van der Waals surface area contributed by atoms with Crippen LogP contribution in [-0.2, 0) is 0 Å². The molecule has 0 bridgehead atoms. The molecule has 19 heavy (non-hydrogen) atoms. The van der Waals surface area contributed by atoms with Gasteiger partial charge in [-0.1, -0.05) is 6.07 Å². The quantitative estimate of drug-likeness (QED) is 0.856. The standard InChI is InChI=1S/C15H15NO3/c1-18-13-5-3-4-12(9-13)16-10-11-6-7-14(17)15(8-11)19-2/h3-10,17H,1-2H3. The molecule has 0 amide bonds. The van der Waals surface area contributed by atoms with E-state index in [2.05, 4.69) is 4.99 Å². The van der Waals surface area contributed by atoms with Gasteiger partial charge in [-0.25, -0.2) is 0 Å². The Morgan fingerprint density at radius 3 is 2.63 bits per heavy atom. The first-order valence-electron chi connectivity index (χ1n) is 5.78. The van der Waals surface area contributed by atoms with Crippen molar-refractivity contribution in [2.24, 2.45) is 4.99 Å². The summed E-state index contributed by atoms with van der Waals surface area (Å²) in [7, 11) is 3.13. The summed E-state index contributed by atoms with van der Waals surface area (Å²) < 4.78 is 10.2. The second kappa shape index (κ2) is 5.91. The Balaban J connectivity index is 2.22. The van der Waals surface area contributed by atoms with Gasteiger partial charge in [0.15, 0.2) is 11.5 Å². The van der Waals surface area contributed by atoms with Crippen LogP contribution in [0.3, 0.4) is 0 Å². The zero-order valence-corrected chi connectivity index (χ0v) is 10.8. The van der Waals surface area contributed by atoms with E-state index in [-0.39, 0.29) is 5.75 Å². The topological polar surface area (TPSA) is 51.0 Å². The lowest BCUT2D eigenvalue weighted by Crippen LogP contribution is -1.87. The van der Waals surface area contributed by atoms with E-state index >= 15 is 0 Å². The Labute approximate surface area is 111 Å². The lowest BCUT2D eigenvalue weighted by Gasteiger charge is -2.03. The van der Waals surface area contributed by atoms with Crippen LogP contribution in [0.4, 0.5) is 5.69 Å². The molecule has 1 N–H and O–H groups in total. The van der Waals surface area contributed by atoms with Gasteiger partial charge in [-0.3, -0.25) is 4.99 Å². The molecule has 2 rings (SSSR count). The van der Waals surface area contributed by atoms with Crippen LogP contribution in [0.1, 0.15) is 5.56 Å². The van der Waals surface area contributed by atoms with Gasteiger partial charge >= 0.3 is 0 Å². The van der Waals surface area contributed by atoms with Crippen molar-refractivity contribution < 1.29 is 14.6 Å². The van der Waals surface area contributed by atoms with Gasteiger partial charge < -0.3 is 14.6 Å². The maximum absolute atomic E-state index is 9.50. The molecule has 4 nitrogen and oxygen atoms in total. The molecule has 0 aliphatic heterocycles. The number of phenolic OH excluding ortho intramolecular Hbond substituents is 1. The highest BCUT2D eigenvalue weighted by Crippen LogP contribution is 2.26. The van der Waals surface area contributed by atoms with Crippen LogP contribution in [0.25, 0.3) is 0 Å². The molecule has 0 aliphatic rings. The van der Waals surface area contributed by atoms with Gasteiger partial charge in [0.25, 0.3) is 0 Å². The Morgan fingerprint density at radius 2 is 1.89 bits per heavy atom. The number of ether oxygens (including phenoxy) is 2. The van der Waals surface area contributed by atoms with Crippen LogP contribution < -0.4 is 9.47 Å². The molecule has 0 unspecified atom stereocenters. The Kier molecular flexibility index (Phi) is 4.03. The summed E-state index contributed by atoms with van der Waals surface area (Å²) in [5.74, 6) is 1.30. The zero-order chi connectivity index (χ0) is 13.7. The minimum absolute atomic E-state index is 0.112. The van der Waals surface area contributed by atoms with E-state index < -0.39 is 0 Å². The van der Waals surface area contributed by atoms with Crippen molar-refractivity contribution in [2.45, 2.75) is 0 Å². The first-order valence-corrected chi connectivity index (χ1v) is 5.78. The molecule has 98 valence electrons. The maximum Gasteiger partial charge on any atom is 0.161 e. The average Bonchev–Trinajstić information content (AvgIpc) is 2.46. The SMILES string of the molecule is COc1cccc(N=Cc2ccc(O)c(OC)c2)c1. The van der Waals surface area contributed by atoms with E-state index in [1.165, 1.54) is 7.11 Å². The number of aromatic hydroxyl groups is 1. The van der Waals surface area contributed by atoms with Gasteiger partial charge in [0.2, 0.25) is 0 Å². The van der Waals surface area contributed by atoms with Gasteiger partial charge in [0.05, 0.1) is 19.9 Å². The fraction of sp³-hybridized carbons (Fsp3) is 0.133. The van der Waals surface area contributed by atoms with Gasteiger partial charge in [-0.15, -0.1) is 0 Å². The molecular weight excluding hydrogens is 242 g/mol. The van der Waals surface area contributed by atoms with Gasteiger partial charge in [-0.05, 0) is 35.9 Å². The van der Waals surface area contributed by atoms with E-state index in [0.717, 1.165) is 17.0 Å².